The molecule has 2 rings (SSSR count). The van der Waals surface area contributed by atoms with Crippen LogP contribution in [0.3, 0.4) is 0 Å². The van der Waals surface area contributed by atoms with Crippen LogP contribution in [-0.4, -0.2) is 78.0 Å². The first-order chi connectivity index (χ1) is 14.7. The van der Waals surface area contributed by atoms with Gasteiger partial charge in [-0.1, -0.05) is 36.3 Å². The molecule has 168 valence electrons. The molecule has 0 bridgehead atoms. The maximum absolute atomic E-state index is 12.4. The smallest absolute Gasteiger partial charge is 0.328 e. The Morgan fingerprint density at radius 3 is 2.45 bits per heavy atom. The summed E-state index contributed by atoms with van der Waals surface area (Å²) in [5.74, 6) is -0.717. The molecule has 1 aromatic heterocycles. The molecule has 1 aromatic carbocycles. The fourth-order valence-electron chi connectivity index (χ4n) is 3.10. The third kappa shape index (κ3) is 8.29. The first-order valence-electron chi connectivity index (χ1n) is 10.4. The number of carbonyl (C=O) groups is 3. The Morgan fingerprint density at radius 1 is 1.10 bits per heavy atom. The number of nitrogens with zero attached hydrogens (tertiary/aromatic N) is 4. The van der Waals surface area contributed by atoms with Gasteiger partial charge in [0.1, 0.15) is 11.7 Å². The number of Topliss-reactive ketones (excluding diaryl/α,β-unsaturated/α-hetero) is 1. The Morgan fingerprint density at radius 2 is 1.81 bits per heavy atom. The first kappa shape index (κ1) is 24.2. The third-order valence-electron chi connectivity index (χ3n) is 4.64. The minimum atomic E-state index is -0.675. The van der Waals surface area contributed by atoms with Crippen LogP contribution in [0.5, 0.6) is 0 Å². The topological polar surface area (TPSA) is 103 Å². The molecule has 0 saturated heterocycles. The molecular formula is C22H32N5O4+. The van der Waals surface area contributed by atoms with Gasteiger partial charge in [-0.15, -0.1) is 5.10 Å². The van der Waals surface area contributed by atoms with Crippen molar-refractivity contribution in [2.45, 2.75) is 38.1 Å². The number of rotatable bonds is 12. The van der Waals surface area contributed by atoms with Crippen molar-refractivity contribution in [1.29, 1.82) is 0 Å². The monoisotopic (exact) mass is 430 g/mol. The van der Waals surface area contributed by atoms with E-state index in [1.807, 2.05) is 51.5 Å². The summed E-state index contributed by atoms with van der Waals surface area (Å²) in [5.41, 5.74) is 1.18. The molecule has 31 heavy (non-hydrogen) atoms. The summed E-state index contributed by atoms with van der Waals surface area (Å²) in [6.07, 6.45) is 4.55. The van der Waals surface area contributed by atoms with Crippen molar-refractivity contribution in [2.24, 2.45) is 0 Å². The van der Waals surface area contributed by atoms with Crippen LogP contribution in [0.25, 0.3) is 5.69 Å². The number of unbranched alkanes of at least 4 members (excludes halogenated alkanes) is 2. The van der Waals surface area contributed by atoms with Gasteiger partial charge in [0, 0.05) is 6.42 Å². The minimum absolute atomic E-state index is 0.0667. The highest BCUT2D eigenvalue weighted by Crippen LogP contribution is 2.11. The Balaban J connectivity index is 1.76. The Kier molecular flexibility index (Phi) is 8.87. The number of benzene rings is 1. The van der Waals surface area contributed by atoms with E-state index in [9.17, 15) is 14.4 Å². The van der Waals surface area contributed by atoms with Crippen LogP contribution < -0.4 is 5.32 Å². The molecule has 0 unspecified atom stereocenters. The summed E-state index contributed by atoms with van der Waals surface area (Å²) in [5, 5.41) is 10.7. The van der Waals surface area contributed by atoms with E-state index in [0.717, 1.165) is 12.1 Å². The quantitative estimate of drug-likeness (QED) is 0.238. The fourth-order valence-corrected chi connectivity index (χ4v) is 3.10. The molecule has 0 spiro atoms. The summed E-state index contributed by atoms with van der Waals surface area (Å²) in [6.45, 7) is 0.270. The van der Waals surface area contributed by atoms with E-state index < -0.39 is 12.0 Å². The molecule has 9 nitrogen and oxygen atoms in total. The molecule has 0 radical (unpaired) electrons. The second-order valence-electron chi connectivity index (χ2n) is 8.50. The first-order valence-corrected chi connectivity index (χ1v) is 10.4. The molecule has 1 atom stereocenters. The van der Waals surface area contributed by atoms with Gasteiger partial charge < -0.3 is 14.5 Å². The molecule has 9 heteroatoms. The molecular weight excluding hydrogens is 398 g/mol. The minimum Gasteiger partial charge on any atom is -0.467 e. The largest absolute Gasteiger partial charge is 0.467 e. The molecule has 0 aliphatic carbocycles. The number of para-hydroxylation sites is 1. The number of aromatic nitrogens is 3. The molecule has 1 amide bonds. The average Bonchev–Trinajstić information content (AvgIpc) is 3.21. The average molecular weight is 431 g/mol. The second-order valence-corrected chi connectivity index (χ2v) is 8.50. The van der Waals surface area contributed by atoms with Gasteiger partial charge in [0.25, 0.3) is 5.91 Å². The highest BCUT2D eigenvalue weighted by Gasteiger charge is 2.24. The Hall–Kier alpha value is -3.07. The van der Waals surface area contributed by atoms with Crippen molar-refractivity contribution in [1.82, 2.24) is 20.3 Å². The van der Waals surface area contributed by atoms with Crippen LogP contribution in [0.4, 0.5) is 0 Å². The molecule has 0 aliphatic heterocycles. The van der Waals surface area contributed by atoms with E-state index in [4.69, 9.17) is 4.74 Å². The van der Waals surface area contributed by atoms with Crippen LogP contribution in [0.1, 0.15) is 42.6 Å². The number of ketones is 1. The highest BCUT2D eigenvalue weighted by molar-refractivity contribution is 5.93. The number of methoxy groups -OCH3 is 1. The predicted octanol–water partition coefficient (Wildman–Crippen LogP) is 1.76. The number of carbonyl (C=O) groups excluding carboxylic acids is 3. The SMILES string of the molecule is COC(=O)[C@H](CCCCCC(=O)c1cn(-c2ccccc2)nn1)NC(=O)C[N+](C)(C)C. The van der Waals surface area contributed by atoms with Gasteiger partial charge in [-0.25, -0.2) is 9.48 Å². The molecule has 0 saturated carbocycles. The van der Waals surface area contributed by atoms with E-state index in [1.54, 1.807) is 10.9 Å². The van der Waals surface area contributed by atoms with Crippen LogP contribution in [-0.2, 0) is 14.3 Å². The van der Waals surface area contributed by atoms with Crippen LogP contribution in [0, 0.1) is 0 Å². The highest BCUT2D eigenvalue weighted by atomic mass is 16.5. The molecule has 2 aromatic rings. The zero-order valence-corrected chi connectivity index (χ0v) is 18.7. The molecule has 1 heterocycles. The zero-order valence-electron chi connectivity index (χ0n) is 18.7. The summed E-state index contributed by atoms with van der Waals surface area (Å²) in [6, 6.07) is 8.80. The summed E-state index contributed by atoms with van der Waals surface area (Å²) in [4.78, 5) is 36.5. The Bertz CT molecular complexity index is 874. The number of hydrogen-bond acceptors (Lipinski definition) is 6. The van der Waals surface area contributed by atoms with Crippen molar-refractivity contribution < 1.29 is 23.6 Å². The number of hydrogen-bond donors (Lipinski definition) is 1. The fraction of sp³-hybridized carbons (Fsp3) is 0.500. The number of amides is 1. The van der Waals surface area contributed by atoms with Crippen molar-refractivity contribution in [3.05, 3.63) is 42.2 Å². The predicted molar refractivity (Wildman–Crippen MR) is 116 cm³/mol. The van der Waals surface area contributed by atoms with Crippen LogP contribution in [0.15, 0.2) is 36.5 Å². The third-order valence-corrected chi connectivity index (χ3v) is 4.64. The number of quaternary nitrogens is 1. The van der Waals surface area contributed by atoms with Crippen molar-refractivity contribution >= 4 is 17.7 Å². The van der Waals surface area contributed by atoms with Gasteiger partial charge in [-0.2, -0.15) is 0 Å². The van der Waals surface area contributed by atoms with Gasteiger partial charge in [0.2, 0.25) is 0 Å². The van der Waals surface area contributed by atoms with E-state index >= 15 is 0 Å². The lowest BCUT2D eigenvalue weighted by atomic mass is 10.0. The maximum Gasteiger partial charge on any atom is 0.328 e. The molecule has 0 fully saturated rings. The lowest BCUT2D eigenvalue weighted by Crippen LogP contribution is -2.49. The van der Waals surface area contributed by atoms with E-state index in [1.165, 1.54) is 7.11 Å². The number of likely N-dealkylation sites (N-methyl/N-ethyl adjacent to an activating group) is 1. The Labute approximate surface area is 183 Å². The van der Waals surface area contributed by atoms with Gasteiger partial charge >= 0.3 is 5.97 Å². The molecule has 1 N–H and O–H groups in total. The van der Waals surface area contributed by atoms with E-state index in [-0.39, 0.29) is 18.2 Å². The summed E-state index contributed by atoms with van der Waals surface area (Å²) < 4.78 is 6.85. The van der Waals surface area contributed by atoms with Crippen molar-refractivity contribution in [2.75, 3.05) is 34.8 Å². The summed E-state index contributed by atoms with van der Waals surface area (Å²) >= 11 is 0. The van der Waals surface area contributed by atoms with Gasteiger partial charge in [0.15, 0.2) is 12.3 Å². The molecule has 0 aliphatic rings. The summed E-state index contributed by atoms with van der Waals surface area (Å²) in [7, 11) is 7.02. The standard InChI is InChI=1S/C22H31N5O4/c1-27(2,3)16-21(29)23-18(22(30)31-4)13-9-6-10-14-20(28)19-15-26(25-24-19)17-11-7-5-8-12-17/h5,7-8,11-12,15,18H,6,9-10,13-14,16H2,1-4H3/p+1/t18-/m0/s1. The van der Waals surface area contributed by atoms with Gasteiger partial charge in [0.05, 0.1) is 40.1 Å². The maximum atomic E-state index is 12.4. The number of ether oxygens (including phenoxy) is 1. The van der Waals surface area contributed by atoms with Crippen LogP contribution >= 0.6 is 0 Å². The second kappa shape index (κ2) is 11.4. The van der Waals surface area contributed by atoms with E-state index in [2.05, 4.69) is 15.6 Å². The van der Waals surface area contributed by atoms with Gasteiger partial charge in [-0.3, -0.25) is 9.59 Å². The lowest BCUT2D eigenvalue weighted by molar-refractivity contribution is -0.862. The van der Waals surface area contributed by atoms with Gasteiger partial charge in [-0.05, 0) is 25.0 Å². The lowest BCUT2D eigenvalue weighted by Gasteiger charge is -2.24. The van der Waals surface area contributed by atoms with Crippen molar-refractivity contribution in [3.63, 3.8) is 0 Å². The zero-order chi connectivity index (χ0) is 22.9. The van der Waals surface area contributed by atoms with Crippen LogP contribution in [0.2, 0.25) is 0 Å². The number of esters is 1. The normalized spacial score (nSPS) is 12.3. The van der Waals surface area contributed by atoms with E-state index in [0.29, 0.717) is 35.9 Å². The van der Waals surface area contributed by atoms with Crippen molar-refractivity contribution in [3.8, 4) is 5.69 Å². The number of nitrogens with one attached hydrogen (secondary N) is 1.